The number of hydrogen-bond acceptors (Lipinski definition) is 3. The van der Waals surface area contributed by atoms with E-state index in [-0.39, 0.29) is 12.5 Å². The van der Waals surface area contributed by atoms with Gasteiger partial charge in [0.2, 0.25) is 0 Å². The molecule has 1 N–H and O–H groups in total. The van der Waals surface area contributed by atoms with Crippen molar-refractivity contribution in [2.45, 2.75) is 13.8 Å². The van der Waals surface area contributed by atoms with E-state index >= 15 is 0 Å². The summed E-state index contributed by atoms with van der Waals surface area (Å²) in [7, 11) is 0. The van der Waals surface area contributed by atoms with Crippen LogP contribution in [0.2, 0.25) is 0 Å². The molecule has 0 saturated carbocycles. The lowest BCUT2D eigenvalue weighted by atomic mass is 10.0. The van der Waals surface area contributed by atoms with Gasteiger partial charge in [0.1, 0.15) is 0 Å². The molecule has 1 aliphatic rings. The predicted molar refractivity (Wildman–Crippen MR) is 71.9 cm³/mol. The van der Waals surface area contributed by atoms with Crippen molar-refractivity contribution in [1.29, 1.82) is 0 Å². The van der Waals surface area contributed by atoms with Crippen molar-refractivity contribution in [3.8, 4) is 0 Å². The molecule has 0 fully saturated rings. The Kier molecular flexibility index (Phi) is 3.80. The molecule has 4 heteroatoms. The van der Waals surface area contributed by atoms with E-state index in [0.29, 0.717) is 16.8 Å². The first kappa shape index (κ1) is 13.1. The molecule has 0 saturated heterocycles. The van der Waals surface area contributed by atoms with Crippen molar-refractivity contribution in [1.82, 2.24) is 5.32 Å². The molecule has 0 atom stereocenters. The van der Waals surface area contributed by atoms with Crippen molar-refractivity contribution in [3.63, 3.8) is 0 Å². The van der Waals surface area contributed by atoms with Crippen molar-refractivity contribution in [2.75, 3.05) is 6.61 Å². The minimum absolute atomic E-state index is 0.273. The van der Waals surface area contributed by atoms with Gasteiger partial charge in [-0.15, -0.1) is 0 Å². The van der Waals surface area contributed by atoms with E-state index in [1.165, 1.54) is 0 Å². The summed E-state index contributed by atoms with van der Waals surface area (Å²) < 4.78 is 5.03. The van der Waals surface area contributed by atoms with Crippen LogP contribution in [0.5, 0.6) is 0 Å². The standard InChI is InChI=1S/C15H15NO3/c1-3-11-12(15(18)19-4-2)13(16-14(11)17)10-8-6-5-7-9-10/h3,5-9H,4H2,1-2H3,(H,16,17)/b11-3-. The fourth-order valence-corrected chi connectivity index (χ4v) is 2.00. The van der Waals surface area contributed by atoms with E-state index in [0.717, 1.165) is 5.56 Å². The van der Waals surface area contributed by atoms with Gasteiger partial charge < -0.3 is 10.1 Å². The molecule has 1 heterocycles. The Labute approximate surface area is 111 Å². The number of ether oxygens (including phenoxy) is 1. The van der Waals surface area contributed by atoms with Gasteiger partial charge in [0.05, 0.1) is 23.5 Å². The fourth-order valence-electron chi connectivity index (χ4n) is 2.00. The second-order valence-electron chi connectivity index (χ2n) is 3.99. The summed E-state index contributed by atoms with van der Waals surface area (Å²) in [5.74, 6) is -0.753. The summed E-state index contributed by atoms with van der Waals surface area (Å²) in [6.45, 7) is 3.73. The fraction of sp³-hybridized carbons (Fsp3) is 0.200. The van der Waals surface area contributed by atoms with Gasteiger partial charge in [-0.3, -0.25) is 4.79 Å². The van der Waals surface area contributed by atoms with Crippen LogP contribution in [-0.2, 0) is 14.3 Å². The number of hydrogen-bond donors (Lipinski definition) is 1. The summed E-state index contributed by atoms with van der Waals surface area (Å²) >= 11 is 0. The maximum absolute atomic E-state index is 12.0. The first-order valence-electron chi connectivity index (χ1n) is 6.13. The molecule has 0 bridgehead atoms. The third-order valence-corrected chi connectivity index (χ3v) is 2.83. The van der Waals surface area contributed by atoms with Crippen LogP contribution >= 0.6 is 0 Å². The normalized spacial score (nSPS) is 16.7. The van der Waals surface area contributed by atoms with Gasteiger partial charge in [0.25, 0.3) is 5.91 Å². The molecular formula is C15H15NO3. The first-order chi connectivity index (χ1) is 9.19. The van der Waals surface area contributed by atoms with Crippen LogP contribution < -0.4 is 5.32 Å². The summed E-state index contributed by atoms with van der Waals surface area (Å²) in [5, 5.41) is 2.73. The monoisotopic (exact) mass is 257 g/mol. The van der Waals surface area contributed by atoms with Crippen molar-refractivity contribution in [3.05, 3.63) is 53.1 Å². The molecule has 2 rings (SSSR count). The van der Waals surface area contributed by atoms with Crippen LogP contribution in [0.25, 0.3) is 5.70 Å². The molecule has 4 nitrogen and oxygen atoms in total. The maximum atomic E-state index is 12.0. The molecule has 1 aromatic rings. The largest absolute Gasteiger partial charge is 0.462 e. The SMILES string of the molecule is C/C=C1\C(=O)NC(c2ccccc2)=C1C(=O)OCC. The van der Waals surface area contributed by atoms with Crippen LogP contribution in [0.4, 0.5) is 0 Å². The number of carbonyl (C=O) groups excluding carboxylic acids is 2. The Morgan fingerprint density at radius 2 is 2.00 bits per heavy atom. The highest BCUT2D eigenvalue weighted by molar-refractivity contribution is 6.20. The molecule has 1 aliphatic heterocycles. The second-order valence-corrected chi connectivity index (χ2v) is 3.99. The van der Waals surface area contributed by atoms with Crippen LogP contribution in [0, 0.1) is 0 Å². The molecule has 98 valence electrons. The number of nitrogens with one attached hydrogen (secondary N) is 1. The van der Waals surface area contributed by atoms with Gasteiger partial charge in [0.15, 0.2) is 0 Å². The van der Waals surface area contributed by atoms with E-state index in [1.807, 2.05) is 30.3 Å². The zero-order valence-electron chi connectivity index (χ0n) is 10.9. The number of amides is 1. The van der Waals surface area contributed by atoms with Crippen molar-refractivity contribution >= 4 is 17.6 Å². The van der Waals surface area contributed by atoms with E-state index in [4.69, 9.17) is 4.74 Å². The Morgan fingerprint density at radius 1 is 1.32 bits per heavy atom. The molecule has 1 aromatic carbocycles. The summed E-state index contributed by atoms with van der Waals surface area (Å²) in [6, 6.07) is 9.26. The van der Waals surface area contributed by atoms with E-state index in [9.17, 15) is 9.59 Å². The zero-order chi connectivity index (χ0) is 13.8. The third kappa shape index (κ3) is 2.42. The summed E-state index contributed by atoms with van der Waals surface area (Å²) in [5.41, 5.74) is 1.96. The highest BCUT2D eigenvalue weighted by atomic mass is 16.5. The molecule has 0 radical (unpaired) electrons. The van der Waals surface area contributed by atoms with Crippen molar-refractivity contribution in [2.24, 2.45) is 0 Å². The first-order valence-corrected chi connectivity index (χ1v) is 6.13. The summed E-state index contributed by atoms with van der Waals surface area (Å²) in [6.07, 6.45) is 1.62. The van der Waals surface area contributed by atoms with Crippen LogP contribution in [-0.4, -0.2) is 18.5 Å². The minimum Gasteiger partial charge on any atom is -0.462 e. The van der Waals surface area contributed by atoms with E-state index in [1.54, 1.807) is 19.9 Å². The maximum Gasteiger partial charge on any atom is 0.341 e. The lowest BCUT2D eigenvalue weighted by Crippen LogP contribution is -2.15. The predicted octanol–water partition coefficient (Wildman–Crippen LogP) is 2.04. The topological polar surface area (TPSA) is 55.4 Å². The van der Waals surface area contributed by atoms with E-state index < -0.39 is 5.97 Å². The van der Waals surface area contributed by atoms with Crippen LogP contribution in [0.15, 0.2) is 47.6 Å². The van der Waals surface area contributed by atoms with Gasteiger partial charge in [0, 0.05) is 0 Å². The molecule has 0 spiro atoms. The number of benzene rings is 1. The molecule has 1 amide bonds. The average Bonchev–Trinajstić information content (AvgIpc) is 2.77. The second kappa shape index (κ2) is 5.52. The zero-order valence-corrected chi connectivity index (χ0v) is 10.9. The Balaban J connectivity index is 2.54. The van der Waals surface area contributed by atoms with Gasteiger partial charge in [-0.25, -0.2) is 4.79 Å². The van der Waals surface area contributed by atoms with Crippen LogP contribution in [0.3, 0.4) is 0 Å². The van der Waals surface area contributed by atoms with Gasteiger partial charge >= 0.3 is 5.97 Å². The Bertz CT molecular complexity index is 570. The highest BCUT2D eigenvalue weighted by Gasteiger charge is 2.32. The van der Waals surface area contributed by atoms with Crippen molar-refractivity contribution < 1.29 is 14.3 Å². The number of carbonyl (C=O) groups is 2. The molecule has 0 aliphatic carbocycles. The third-order valence-electron chi connectivity index (χ3n) is 2.83. The number of esters is 1. The summed E-state index contributed by atoms with van der Waals surface area (Å²) in [4.78, 5) is 23.9. The molecular weight excluding hydrogens is 242 g/mol. The van der Waals surface area contributed by atoms with Gasteiger partial charge in [-0.2, -0.15) is 0 Å². The van der Waals surface area contributed by atoms with E-state index in [2.05, 4.69) is 5.32 Å². The number of rotatable bonds is 3. The average molecular weight is 257 g/mol. The molecule has 0 aromatic heterocycles. The smallest absolute Gasteiger partial charge is 0.341 e. The molecule has 0 unspecified atom stereocenters. The molecule has 19 heavy (non-hydrogen) atoms. The minimum atomic E-state index is -0.479. The highest BCUT2D eigenvalue weighted by Crippen LogP contribution is 2.29. The lowest BCUT2D eigenvalue weighted by molar-refractivity contribution is -0.138. The quantitative estimate of drug-likeness (QED) is 0.666. The van der Waals surface area contributed by atoms with Crippen LogP contribution in [0.1, 0.15) is 19.4 Å². The lowest BCUT2D eigenvalue weighted by Gasteiger charge is -2.06. The Hall–Kier alpha value is -2.36. The number of allylic oxidation sites excluding steroid dienone is 1. The Morgan fingerprint density at radius 3 is 2.58 bits per heavy atom. The van der Waals surface area contributed by atoms with Gasteiger partial charge in [-0.05, 0) is 19.4 Å². The van der Waals surface area contributed by atoms with Gasteiger partial charge in [-0.1, -0.05) is 36.4 Å².